The summed E-state index contributed by atoms with van der Waals surface area (Å²) in [6.07, 6.45) is 3.55. The number of likely N-dealkylation sites (N-methyl/N-ethyl adjacent to an activating group) is 1. The molecule has 1 aromatic heterocycles. The number of benzene rings is 2. The smallest absolute Gasteiger partial charge is 0.414 e. The Bertz CT molecular complexity index is 1060. The van der Waals surface area contributed by atoms with E-state index in [0.717, 1.165) is 42.5 Å². The minimum atomic E-state index is -1.82. The van der Waals surface area contributed by atoms with Gasteiger partial charge in [0.05, 0.1) is 16.8 Å². The van der Waals surface area contributed by atoms with Crippen molar-refractivity contribution in [2.75, 3.05) is 38.2 Å². The van der Waals surface area contributed by atoms with E-state index < -0.39 is 11.9 Å². The Morgan fingerprint density at radius 2 is 1.94 bits per heavy atom. The first-order chi connectivity index (χ1) is 16.3. The zero-order valence-electron chi connectivity index (χ0n) is 19.5. The van der Waals surface area contributed by atoms with E-state index in [4.69, 9.17) is 29.5 Å². The quantitative estimate of drug-likeness (QED) is 0.380. The number of hydrogen-bond donors (Lipinski definition) is 2. The second-order valence-electron chi connectivity index (χ2n) is 8.30. The van der Waals surface area contributed by atoms with Crippen molar-refractivity contribution in [2.45, 2.75) is 32.2 Å². The molecule has 1 unspecified atom stereocenters. The molecule has 9 heteroatoms. The van der Waals surface area contributed by atoms with Gasteiger partial charge in [0, 0.05) is 26.2 Å². The van der Waals surface area contributed by atoms with Crippen molar-refractivity contribution in [1.82, 2.24) is 9.88 Å². The van der Waals surface area contributed by atoms with Crippen molar-refractivity contribution in [1.29, 1.82) is 0 Å². The predicted molar refractivity (Wildman–Crippen MR) is 134 cm³/mol. The van der Waals surface area contributed by atoms with Crippen molar-refractivity contribution in [3.05, 3.63) is 54.1 Å². The molecule has 2 heterocycles. The molecule has 3 aromatic rings. The summed E-state index contributed by atoms with van der Waals surface area (Å²) in [4.78, 5) is 28.0. The molecule has 1 fully saturated rings. The summed E-state index contributed by atoms with van der Waals surface area (Å²) in [5, 5.41) is 15.9. The van der Waals surface area contributed by atoms with Gasteiger partial charge in [-0.1, -0.05) is 35.6 Å². The Hall–Kier alpha value is -3.17. The zero-order valence-corrected chi connectivity index (χ0v) is 20.3. The monoisotopic (exact) mass is 485 g/mol. The average molecular weight is 486 g/mol. The Kier molecular flexibility index (Phi) is 9.24. The Morgan fingerprint density at radius 3 is 2.65 bits per heavy atom. The van der Waals surface area contributed by atoms with Crippen LogP contribution in [0.5, 0.6) is 5.75 Å². The summed E-state index contributed by atoms with van der Waals surface area (Å²) < 4.78 is 7.18. The van der Waals surface area contributed by atoms with Gasteiger partial charge in [0.25, 0.3) is 0 Å². The van der Waals surface area contributed by atoms with Crippen LogP contribution in [0.4, 0.5) is 5.13 Å². The van der Waals surface area contributed by atoms with E-state index in [9.17, 15) is 0 Å². The van der Waals surface area contributed by atoms with E-state index in [0.29, 0.717) is 6.04 Å². The molecule has 4 rings (SSSR count). The number of carboxylic acid groups (broad SMARTS) is 2. The molecular weight excluding hydrogens is 454 g/mol. The van der Waals surface area contributed by atoms with E-state index >= 15 is 0 Å². The van der Waals surface area contributed by atoms with Crippen LogP contribution in [0.25, 0.3) is 10.2 Å². The Morgan fingerprint density at radius 1 is 1.18 bits per heavy atom. The number of aromatic nitrogens is 1. The molecule has 0 radical (unpaired) electrons. The summed E-state index contributed by atoms with van der Waals surface area (Å²) in [5.41, 5.74) is 2.35. The van der Waals surface area contributed by atoms with Crippen LogP contribution in [0.15, 0.2) is 48.5 Å². The van der Waals surface area contributed by atoms with Crippen molar-refractivity contribution in [3.63, 3.8) is 0 Å². The Balaban J connectivity index is 0.000000481. The summed E-state index contributed by atoms with van der Waals surface area (Å²) in [6, 6.07) is 17.2. The molecule has 2 N–H and O–H groups in total. The van der Waals surface area contributed by atoms with Crippen molar-refractivity contribution >= 4 is 38.6 Å². The molecule has 182 valence electrons. The van der Waals surface area contributed by atoms with Gasteiger partial charge >= 0.3 is 11.9 Å². The third-order valence-electron chi connectivity index (χ3n) is 5.67. The van der Waals surface area contributed by atoms with E-state index in [1.165, 1.54) is 29.6 Å². The minimum Gasteiger partial charge on any atom is -0.494 e. The van der Waals surface area contributed by atoms with Crippen molar-refractivity contribution in [2.24, 2.45) is 0 Å². The molecule has 0 aliphatic carbocycles. The zero-order chi connectivity index (χ0) is 24.5. The largest absolute Gasteiger partial charge is 0.494 e. The number of piperidine rings is 1. The van der Waals surface area contributed by atoms with E-state index in [1.807, 2.05) is 6.07 Å². The molecule has 0 saturated carbocycles. The number of anilines is 1. The molecule has 0 bridgehead atoms. The molecule has 0 spiro atoms. The number of aliphatic carboxylic acids is 2. The number of hydrogen-bond acceptors (Lipinski definition) is 7. The molecule has 1 aliphatic heterocycles. The maximum absolute atomic E-state index is 9.10. The number of fused-ring (bicyclic) bond motifs is 1. The highest BCUT2D eigenvalue weighted by molar-refractivity contribution is 7.22. The third kappa shape index (κ3) is 7.43. The van der Waals surface area contributed by atoms with Gasteiger partial charge in [0.2, 0.25) is 0 Å². The molecular formula is C25H31N3O5S. The highest BCUT2D eigenvalue weighted by Gasteiger charge is 2.24. The number of carboxylic acids is 2. The van der Waals surface area contributed by atoms with Gasteiger partial charge in [-0.25, -0.2) is 14.6 Å². The number of rotatable bonds is 7. The number of carbonyl (C=O) groups is 2. The van der Waals surface area contributed by atoms with Gasteiger partial charge in [0.1, 0.15) is 5.75 Å². The lowest BCUT2D eigenvalue weighted by Gasteiger charge is -2.37. The summed E-state index contributed by atoms with van der Waals surface area (Å²) >= 11 is 1.80. The molecule has 2 aromatic carbocycles. The van der Waals surface area contributed by atoms with Gasteiger partial charge in [-0.05, 0) is 62.6 Å². The average Bonchev–Trinajstić information content (AvgIpc) is 3.26. The Labute approximate surface area is 203 Å². The van der Waals surface area contributed by atoms with Gasteiger partial charge in [-0.2, -0.15) is 0 Å². The summed E-state index contributed by atoms with van der Waals surface area (Å²) in [6.45, 7) is 6.27. The molecule has 8 nitrogen and oxygen atoms in total. The lowest BCUT2D eigenvalue weighted by Crippen LogP contribution is -2.47. The van der Waals surface area contributed by atoms with Gasteiger partial charge < -0.3 is 24.7 Å². The second kappa shape index (κ2) is 12.3. The first kappa shape index (κ1) is 25.5. The molecule has 34 heavy (non-hydrogen) atoms. The van der Waals surface area contributed by atoms with Gasteiger partial charge in [-0.3, -0.25) is 0 Å². The highest BCUT2D eigenvalue weighted by Crippen LogP contribution is 2.30. The van der Waals surface area contributed by atoms with Crippen LogP contribution in [0, 0.1) is 6.92 Å². The fourth-order valence-corrected chi connectivity index (χ4v) is 4.90. The fraction of sp³-hybridized carbons (Fsp3) is 0.400. The second-order valence-corrected chi connectivity index (χ2v) is 9.31. The van der Waals surface area contributed by atoms with E-state index in [2.05, 4.69) is 66.2 Å². The lowest BCUT2D eigenvalue weighted by atomic mass is 10.0. The first-order valence-electron chi connectivity index (χ1n) is 11.3. The number of ether oxygens (including phenoxy) is 1. The first-order valence-corrected chi connectivity index (χ1v) is 12.1. The molecule has 1 atom stereocenters. The number of thiazole rings is 1. The number of likely N-dealkylation sites (tertiary alicyclic amines) is 1. The maximum atomic E-state index is 9.10. The number of aryl methyl sites for hydroxylation is 1. The highest BCUT2D eigenvalue weighted by atomic mass is 32.1. The van der Waals surface area contributed by atoms with Crippen LogP contribution >= 0.6 is 11.3 Å². The van der Waals surface area contributed by atoms with Gasteiger partial charge in [-0.15, -0.1) is 0 Å². The van der Waals surface area contributed by atoms with Gasteiger partial charge in [0.15, 0.2) is 5.13 Å². The van der Waals surface area contributed by atoms with E-state index in [1.54, 1.807) is 11.3 Å². The predicted octanol–water partition coefficient (Wildman–Crippen LogP) is 4.13. The van der Waals surface area contributed by atoms with Crippen LogP contribution in [0.3, 0.4) is 0 Å². The summed E-state index contributed by atoms with van der Waals surface area (Å²) in [7, 11) is 2.20. The van der Waals surface area contributed by atoms with Crippen LogP contribution in [-0.4, -0.2) is 71.4 Å². The normalized spacial score (nSPS) is 15.9. The van der Waals surface area contributed by atoms with Crippen LogP contribution < -0.4 is 9.64 Å². The molecule has 1 aliphatic rings. The van der Waals surface area contributed by atoms with Crippen LogP contribution in [0.2, 0.25) is 0 Å². The SMILES string of the molecule is Cc1cccc(OCCCN2CCCC(N(C)c3nc4ccccc4s3)C2)c1.O=C(O)C(=O)O. The lowest BCUT2D eigenvalue weighted by molar-refractivity contribution is -0.159. The standard InChI is InChI=1S/C23H29N3OS.C2H2O4/c1-18-8-5-10-20(16-18)27-15-7-14-26-13-6-9-19(17-26)25(2)23-24-21-11-3-4-12-22(21)28-23;3-1(4)2(5)6/h3-5,8,10-12,16,19H,6-7,9,13-15,17H2,1-2H3;(H,3,4)(H,5,6). The maximum Gasteiger partial charge on any atom is 0.414 e. The minimum absolute atomic E-state index is 0.534. The van der Waals surface area contributed by atoms with Crippen molar-refractivity contribution < 1.29 is 24.5 Å². The number of para-hydroxylation sites is 1. The third-order valence-corrected chi connectivity index (χ3v) is 6.80. The van der Waals surface area contributed by atoms with Crippen LogP contribution in [0.1, 0.15) is 24.8 Å². The summed E-state index contributed by atoms with van der Waals surface area (Å²) in [5.74, 6) is -2.67. The van der Waals surface area contributed by atoms with Crippen LogP contribution in [-0.2, 0) is 9.59 Å². The number of nitrogens with zero attached hydrogens (tertiary/aromatic N) is 3. The molecule has 0 amide bonds. The fourth-order valence-electron chi connectivity index (χ4n) is 3.90. The topological polar surface area (TPSA) is 103 Å². The van der Waals surface area contributed by atoms with E-state index in [-0.39, 0.29) is 0 Å². The molecule has 1 saturated heterocycles. The van der Waals surface area contributed by atoms with Crippen molar-refractivity contribution in [3.8, 4) is 5.75 Å².